The minimum atomic E-state index is -1.20. The molecule has 2 rings (SSSR count). The highest BCUT2D eigenvalue weighted by Gasteiger charge is 2.32. The minimum absolute atomic E-state index is 0.00765. The smallest absolute Gasteiger partial charge is 0.161 e. The Labute approximate surface area is 196 Å². The fourth-order valence-corrected chi connectivity index (χ4v) is 5.63. The van der Waals surface area contributed by atoms with Crippen molar-refractivity contribution in [3.8, 4) is 11.5 Å². The third kappa shape index (κ3) is 5.98. The Kier molecular flexibility index (Phi) is 10.1. The van der Waals surface area contributed by atoms with Gasteiger partial charge >= 0.3 is 0 Å². The van der Waals surface area contributed by atoms with Crippen molar-refractivity contribution in [2.45, 2.75) is 69.4 Å². The molecule has 6 heteroatoms. The summed E-state index contributed by atoms with van der Waals surface area (Å²) in [5.74, 6) is 1.24. The number of unbranched alkanes of at least 4 members (excludes halogenated alkanes) is 1. The second-order valence-corrected chi connectivity index (χ2v) is 10.8. The van der Waals surface area contributed by atoms with Gasteiger partial charge in [0.25, 0.3) is 0 Å². The van der Waals surface area contributed by atoms with E-state index in [4.69, 9.17) is 9.47 Å². The van der Waals surface area contributed by atoms with E-state index >= 15 is 0 Å². The molecule has 0 bridgehead atoms. The van der Waals surface area contributed by atoms with E-state index in [-0.39, 0.29) is 11.6 Å². The summed E-state index contributed by atoms with van der Waals surface area (Å²) in [6.07, 6.45) is 5.51. The van der Waals surface area contributed by atoms with Crippen LogP contribution < -0.4 is 14.8 Å². The van der Waals surface area contributed by atoms with E-state index in [1.807, 2.05) is 39.4 Å². The van der Waals surface area contributed by atoms with E-state index in [0.717, 1.165) is 35.3 Å². The third-order valence-corrected chi connectivity index (χ3v) is 8.07. The lowest BCUT2D eigenvalue weighted by Gasteiger charge is -2.38. The van der Waals surface area contributed by atoms with E-state index in [1.165, 1.54) is 12.8 Å². The molecule has 0 radical (unpaired) electrons. The highest BCUT2D eigenvalue weighted by molar-refractivity contribution is 14.2. The van der Waals surface area contributed by atoms with Crippen molar-refractivity contribution in [3.63, 3.8) is 0 Å². The Bertz CT molecular complexity index is 825. The summed E-state index contributed by atoms with van der Waals surface area (Å²) in [6, 6.07) is 14.1. The Morgan fingerprint density at radius 1 is 1.03 bits per heavy atom. The standard InChI is InChI=1S/C24H34INO3S/c1-6-9-15-24(7-2,8-3)26-23(18-13-11-10-12-14-18)19-16-20(28-4)21(29-5)17-22(19)30(25)27/h10-14,16-17,23,26H,6-9,15H2,1-5H3/t23-,30?/m1/s1. The summed E-state index contributed by atoms with van der Waals surface area (Å²) >= 11 is 1.97. The number of hydrogen-bond acceptors (Lipinski definition) is 4. The number of halogens is 1. The number of methoxy groups -OCH3 is 2. The largest absolute Gasteiger partial charge is 0.493 e. The zero-order valence-corrected chi connectivity index (χ0v) is 21.6. The Morgan fingerprint density at radius 2 is 1.63 bits per heavy atom. The maximum Gasteiger partial charge on any atom is 0.161 e. The molecule has 0 aromatic heterocycles. The molecule has 2 aromatic rings. The van der Waals surface area contributed by atoms with Crippen LogP contribution >= 0.6 is 21.2 Å². The monoisotopic (exact) mass is 543 g/mol. The Hall–Kier alpha value is -1.12. The molecule has 4 nitrogen and oxygen atoms in total. The van der Waals surface area contributed by atoms with Crippen LogP contribution in [0.5, 0.6) is 11.5 Å². The van der Waals surface area contributed by atoms with Gasteiger partial charge < -0.3 is 14.8 Å². The molecule has 30 heavy (non-hydrogen) atoms. The van der Waals surface area contributed by atoms with Gasteiger partial charge in [0.05, 0.1) is 25.2 Å². The van der Waals surface area contributed by atoms with Crippen molar-refractivity contribution in [1.82, 2.24) is 5.32 Å². The molecule has 0 fully saturated rings. The molecule has 0 spiro atoms. The van der Waals surface area contributed by atoms with Gasteiger partial charge in [-0.2, -0.15) is 0 Å². The second kappa shape index (κ2) is 12.1. The average molecular weight is 544 g/mol. The fraction of sp³-hybridized carbons (Fsp3) is 0.500. The molecule has 0 amide bonds. The predicted octanol–water partition coefficient (Wildman–Crippen LogP) is 6.59. The second-order valence-electron chi connectivity index (χ2n) is 7.55. The summed E-state index contributed by atoms with van der Waals surface area (Å²) in [6.45, 7) is 6.73. The molecule has 0 saturated carbocycles. The van der Waals surface area contributed by atoms with Crippen LogP contribution in [-0.2, 0) is 7.97 Å². The Morgan fingerprint density at radius 3 is 2.13 bits per heavy atom. The SMILES string of the molecule is CCCCC(CC)(CC)N[C@H](c1ccccc1)c1cc(OC)c(OC)cc1S(=O)I. The zero-order valence-electron chi connectivity index (χ0n) is 18.7. The molecular weight excluding hydrogens is 509 g/mol. The van der Waals surface area contributed by atoms with Crippen molar-refractivity contribution in [2.75, 3.05) is 14.2 Å². The lowest BCUT2D eigenvalue weighted by Crippen LogP contribution is -2.46. The van der Waals surface area contributed by atoms with Gasteiger partial charge in [0.15, 0.2) is 11.5 Å². The van der Waals surface area contributed by atoms with E-state index in [1.54, 1.807) is 14.2 Å². The van der Waals surface area contributed by atoms with Crippen molar-refractivity contribution >= 4 is 29.2 Å². The summed E-state index contributed by atoms with van der Waals surface area (Å²) in [5.41, 5.74) is 2.12. The zero-order chi connectivity index (χ0) is 22.1. The van der Waals surface area contributed by atoms with Gasteiger partial charge in [-0.25, -0.2) is 4.21 Å². The van der Waals surface area contributed by atoms with Crippen LogP contribution in [0.25, 0.3) is 0 Å². The van der Waals surface area contributed by atoms with Crippen molar-refractivity contribution in [2.24, 2.45) is 0 Å². The molecule has 0 heterocycles. The maximum absolute atomic E-state index is 12.7. The van der Waals surface area contributed by atoms with Crippen LogP contribution in [0.2, 0.25) is 0 Å². The van der Waals surface area contributed by atoms with Gasteiger partial charge in [-0.1, -0.05) is 63.9 Å². The molecule has 2 aromatic carbocycles. The summed E-state index contributed by atoms with van der Waals surface area (Å²) in [5, 5.41) is 3.98. The lowest BCUT2D eigenvalue weighted by atomic mass is 9.84. The molecule has 1 N–H and O–H groups in total. The van der Waals surface area contributed by atoms with Gasteiger partial charge in [-0.05, 0) is 36.5 Å². The van der Waals surface area contributed by atoms with Crippen LogP contribution in [0, 0.1) is 0 Å². The van der Waals surface area contributed by atoms with Crippen LogP contribution in [0.3, 0.4) is 0 Å². The molecular formula is C24H34INO3S. The highest BCUT2D eigenvalue weighted by Crippen LogP contribution is 2.40. The van der Waals surface area contributed by atoms with Gasteiger partial charge in [0.2, 0.25) is 0 Å². The van der Waals surface area contributed by atoms with Gasteiger partial charge in [-0.15, -0.1) is 0 Å². The number of nitrogens with one attached hydrogen (secondary N) is 1. The molecule has 0 aliphatic rings. The van der Waals surface area contributed by atoms with E-state index in [9.17, 15) is 4.21 Å². The quantitative estimate of drug-likeness (QED) is 0.243. The van der Waals surface area contributed by atoms with E-state index < -0.39 is 7.97 Å². The molecule has 0 aliphatic carbocycles. The van der Waals surface area contributed by atoms with Gasteiger partial charge in [0.1, 0.15) is 7.97 Å². The third-order valence-electron chi connectivity index (χ3n) is 5.95. The first kappa shape index (κ1) is 25.1. The Balaban J connectivity index is 2.68. The lowest BCUT2D eigenvalue weighted by molar-refractivity contribution is 0.252. The summed E-state index contributed by atoms with van der Waals surface area (Å²) in [4.78, 5) is 0.756. The van der Waals surface area contributed by atoms with Gasteiger partial charge in [0, 0.05) is 32.8 Å². The molecule has 2 atom stereocenters. The normalized spacial score (nSPS) is 13.7. The molecule has 1 unspecified atom stereocenters. The van der Waals surface area contributed by atoms with Crippen molar-refractivity contribution in [1.29, 1.82) is 0 Å². The fourth-order valence-electron chi connectivity index (χ4n) is 3.93. The predicted molar refractivity (Wildman–Crippen MR) is 134 cm³/mol. The minimum Gasteiger partial charge on any atom is -0.493 e. The summed E-state index contributed by atoms with van der Waals surface area (Å²) < 4.78 is 23.8. The maximum atomic E-state index is 12.7. The number of benzene rings is 2. The number of rotatable bonds is 12. The highest BCUT2D eigenvalue weighted by atomic mass is 127. The first-order chi connectivity index (χ1) is 14.4. The van der Waals surface area contributed by atoms with Crippen molar-refractivity contribution in [3.05, 3.63) is 53.6 Å². The first-order valence-electron chi connectivity index (χ1n) is 10.6. The van der Waals surface area contributed by atoms with Crippen molar-refractivity contribution < 1.29 is 13.7 Å². The average Bonchev–Trinajstić information content (AvgIpc) is 2.79. The van der Waals surface area contributed by atoms with E-state index in [0.29, 0.717) is 11.5 Å². The summed E-state index contributed by atoms with van der Waals surface area (Å²) in [7, 11) is 2.04. The number of ether oxygens (including phenoxy) is 2. The van der Waals surface area contributed by atoms with Gasteiger partial charge in [-0.3, -0.25) is 0 Å². The van der Waals surface area contributed by atoms with Crippen LogP contribution in [-0.4, -0.2) is 24.0 Å². The topological polar surface area (TPSA) is 47.6 Å². The number of hydrogen-bond donors (Lipinski definition) is 1. The molecule has 0 saturated heterocycles. The van der Waals surface area contributed by atoms with Crippen LogP contribution in [0.1, 0.15) is 70.0 Å². The first-order valence-corrected chi connectivity index (χ1v) is 14.3. The van der Waals surface area contributed by atoms with Crippen LogP contribution in [0.15, 0.2) is 47.4 Å². The molecule has 166 valence electrons. The van der Waals surface area contributed by atoms with E-state index in [2.05, 4.69) is 50.4 Å². The molecule has 0 aliphatic heterocycles. The van der Waals surface area contributed by atoms with Crippen LogP contribution in [0.4, 0.5) is 0 Å².